The molecule has 1 aromatic heterocycles. The van der Waals surface area contributed by atoms with Crippen molar-refractivity contribution in [1.29, 1.82) is 0 Å². The van der Waals surface area contributed by atoms with Gasteiger partial charge in [0, 0.05) is 7.05 Å². The molecule has 0 amide bonds. The van der Waals surface area contributed by atoms with Crippen LogP contribution >= 0.6 is 15.6 Å². The van der Waals surface area contributed by atoms with E-state index in [1.54, 1.807) is 7.05 Å². The molecule has 1 saturated heterocycles. The predicted molar refractivity (Wildman–Crippen MR) is 106 cm³/mol. The number of aliphatic hydroxyl groups is 2. The van der Waals surface area contributed by atoms with E-state index in [-0.39, 0.29) is 42.6 Å². The number of quaternary nitrogens is 3. The Balaban J connectivity index is 0.00000320. The molecule has 19 nitrogen and oxygen atoms in total. The Kier molecular flexibility index (Phi) is 9.93. The SMILES string of the molecule is CN1CN([C@@H]2O[C@H](COP(=O)([O-])OP(=O)([O-])[O-])[C@@H](O)[C@H]2O)c2nc(N)[nH]c(=O)c21.[NH4+].[NH4+].[NH4+]. The lowest BCUT2D eigenvalue weighted by atomic mass is 10.1. The first kappa shape index (κ1) is 30.3. The van der Waals surface area contributed by atoms with Crippen LogP contribution in [0.3, 0.4) is 0 Å². The maximum Gasteiger partial charge on any atom is 0.278 e. The number of anilines is 3. The second kappa shape index (κ2) is 10.5. The number of aliphatic hydroxyl groups excluding tert-OH is 2. The number of phosphoric ester groups is 1. The van der Waals surface area contributed by atoms with Gasteiger partial charge in [0.1, 0.15) is 24.0 Å². The summed E-state index contributed by atoms with van der Waals surface area (Å²) in [6.07, 6.45) is -6.00. The molecule has 0 bridgehead atoms. The van der Waals surface area contributed by atoms with Gasteiger partial charge in [0.2, 0.25) is 5.95 Å². The topological polar surface area (TPSA) is 359 Å². The van der Waals surface area contributed by atoms with Crippen LogP contribution in [0.15, 0.2) is 4.79 Å². The van der Waals surface area contributed by atoms with Crippen molar-refractivity contribution in [2.75, 3.05) is 35.9 Å². The van der Waals surface area contributed by atoms with Crippen molar-refractivity contribution in [2.24, 2.45) is 0 Å². The number of nitrogen functional groups attached to an aromatic ring is 1. The third kappa shape index (κ3) is 6.21. The molecule has 0 aromatic carbocycles. The number of aromatic amines is 1. The highest BCUT2D eigenvalue weighted by Gasteiger charge is 2.48. The number of hydrogen-bond donors (Lipinski definition) is 7. The van der Waals surface area contributed by atoms with E-state index in [4.69, 9.17) is 10.5 Å². The van der Waals surface area contributed by atoms with Crippen molar-refractivity contribution < 1.29 is 47.6 Å². The summed E-state index contributed by atoms with van der Waals surface area (Å²) in [5, 5.41) is 20.4. The van der Waals surface area contributed by atoms with E-state index in [2.05, 4.69) is 18.8 Å². The van der Waals surface area contributed by atoms with Crippen LogP contribution in [0.2, 0.25) is 0 Å². The van der Waals surface area contributed by atoms with Crippen molar-refractivity contribution in [3.05, 3.63) is 10.4 Å². The Hall–Kier alpha value is -1.70. The highest BCUT2D eigenvalue weighted by molar-refractivity contribution is 7.58. The smallest absolute Gasteiger partial charge is 0.278 e. The van der Waals surface area contributed by atoms with E-state index in [1.807, 2.05) is 0 Å². The van der Waals surface area contributed by atoms with Crippen molar-refractivity contribution in [3.63, 3.8) is 0 Å². The second-order valence-electron chi connectivity index (χ2n) is 6.25. The monoisotopic (exact) mass is 510 g/mol. The zero-order valence-electron chi connectivity index (χ0n) is 17.6. The maximum absolute atomic E-state index is 12.1. The summed E-state index contributed by atoms with van der Waals surface area (Å²) < 4.78 is 34.7. The van der Waals surface area contributed by atoms with E-state index in [0.29, 0.717) is 0 Å². The lowest BCUT2D eigenvalue weighted by molar-refractivity contribution is -0.339. The van der Waals surface area contributed by atoms with Crippen LogP contribution in [0.4, 0.5) is 17.5 Å². The fraction of sp³-hybridized carbons (Fsp3) is 0.636. The number of fused-ring (bicyclic) bond motifs is 1. The molecule has 3 rings (SSSR count). The third-order valence-corrected chi connectivity index (χ3v) is 6.22. The van der Waals surface area contributed by atoms with E-state index >= 15 is 0 Å². The van der Waals surface area contributed by atoms with Gasteiger partial charge in [-0.25, -0.2) is 0 Å². The zero-order chi connectivity index (χ0) is 21.7. The summed E-state index contributed by atoms with van der Waals surface area (Å²) >= 11 is 0. The highest BCUT2D eigenvalue weighted by Crippen LogP contribution is 2.50. The average molecular weight is 510 g/mol. The van der Waals surface area contributed by atoms with E-state index in [1.165, 1.54) is 9.80 Å². The predicted octanol–water partition coefficient (Wildman–Crippen LogP) is -3.53. The Labute approximate surface area is 180 Å². The molecule has 17 N–H and O–H groups in total. The van der Waals surface area contributed by atoms with Gasteiger partial charge in [-0.05, 0) is 0 Å². The van der Waals surface area contributed by atoms with Crippen LogP contribution in [0, 0.1) is 0 Å². The number of nitrogens with two attached hydrogens (primary N) is 1. The molecule has 32 heavy (non-hydrogen) atoms. The molecule has 0 radical (unpaired) electrons. The molecule has 21 heteroatoms. The lowest BCUT2D eigenvalue weighted by Crippen LogP contribution is -2.45. The number of nitrogens with zero attached hydrogens (tertiary/aromatic N) is 3. The van der Waals surface area contributed by atoms with Crippen molar-refractivity contribution in [2.45, 2.75) is 24.5 Å². The Morgan fingerprint density at radius 2 is 1.84 bits per heavy atom. The molecule has 0 spiro atoms. The first-order valence-corrected chi connectivity index (χ1v) is 10.8. The van der Waals surface area contributed by atoms with Crippen LogP contribution in [0.1, 0.15) is 0 Å². The second-order valence-corrected chi connectivity index (χ2v) is 8.95. The number of nitrogens with one attached hydrogen (secondary N) is 1. The molecule has 1 aromatic rings. The van der Waals surface area contributed by atoms with Gasteiger partial charge in [-0.3, -0.25) is 18.7 Å². The first-order chi connectivity index (χ1) is 13.3. The molecule has 0 saturated carbocycles. The fourth-order valence-corrected chi connectivity index (χ4v) is 4.52. The Morgan fingerprint density at radius 1 is 1.25 bits per heavy atom. The van der Waals surface area contributed by atoms with Gasteiger partial charge in [0.15, 0.2) is 12.0 Å². The number of aromatic nitrogens is 2. The van der Waals surface area contributed by atoms with Gasteiger partial charge < -0.3 is 72.7 Å². The van der Waals surface area contributed by atoms with Crippen LogP contribution in [-0.2, 0) is 22.7 Å². The summed E-state index contributed by atoms with van der Waals surface area (Å²) in [5.74, 6) is -0.144. The first-order valence-electron chi connectivity index (χ1n) is 7.87. The molecule has 5 atom stereocenters. The quantitative estimate of drug-likeness (QED) is 0.182. The van der Waals surface area contributed by atoms with E-state index in [0.717, 1.165) is 0 Å². The zero-order valence-corrected chi connectivity index (χ0v) is 19.4. The van der Waals surface area contributed by atoms with Crippen molar-refractivity contribution >= 4 is 33.1 Å². The number of hydrogen-bond acceptors (Lipinski definition) is 15. The van der Waals surface area contributed by atoms with Crippen LogP contribution in [-0.4, -0.2) is 65.0 Å². The summed E-state index contributed by atoms with van der Waals surface area (Å²) in [6, 6.07) is 0. The van der Waals surface area contributed by atoms with Crippen LogP contribution in [0.5, 0.6) is 0 Å². The number of rotatable bonds is 6. The molecule has 3 heterocycles. The summed E-state index contributed by atoms with van der Waals surface area (Å²) in [4.78, 5) is 53.3. The van der Waals surface area contributed by atoms with Gasteiger partial charge in [-0.15, -0.1) is 0 Å². The molecular formula is C11H28N8O11P2. The molecule has 2 aliphatic rings. The molecule has 188 valence electrons. The van der Waals surface area contributed by atoms with Crippen LogP contribution in [0.25, 0.3) is 0 Å². The van der Waals surface area contributed by atoms with Gasteiger partial charge in [-0.1, -0.05) is 0 Å². The minimum Gasteiger partial charge on any atom is -0.790 e. The average Bonchev–Trinajstić information content (AvgIpc) is 3.01. The largest absolute Gasteiger partial charge is 0.790 e. The molecule has 2 aliphatic heterocycles. The minimum atomic E-state index is -5.88. The lowest BCUT2D eigenvalue weighted by Gasteiger charge is -2.35. The van der Waals surface area contributed by atoms with E-state index in [9.17, 15) is 38.8 Å². The van der Waals surface area contributed by atoms with E-state index < -0.39 is 52.4 Å². The maximum atomic E-state index is 12.1. The van der Waals surface area contributed by atoms with Gasteiger partial charge in [0.05, 0.1) is 21.1 Å². The van der Waals surface area contributed by atoms with Gasteiger partial charge >= 0.3 is 0 Å². The molecular weight excluding hydrogens is 482 g/mol. The van der Waals surface area contributed by atoms with Gasteiger partial charge in [0.25, 0.3) is 13.4 Å². The van der Waals surface area contributed by atoms with Crippen molar-refractivity contribution in [1.82, 2.24) is 28.4 Å². The van der Waals surface area contributed by atoms with Gasteiger partial charge in [-0.2, -0.15) is 4.98 Å². The minimum absolute atomic E-state index is 0. The number of ether oxygens (including phenoxy) is 1. The molecule has 1 fully saturated rings. The number of phosphoric acid groups is 2. The summed E-state index contributed by atoms with van der Waals surface area (Å²) in [7, 11) is -9.86. The Morgan fingerprint density at radius 3 is 2.41 bits per heavy atom. The van der Waals surface area contributed by atoms with Crippen molar-refractivity contribution in [3.8, 4) is 0 Å². The summed E-state index contributed by atoms with van der Waals surface area (Å²) in [6.45, 7) is -0.952. The summed E-state index contributed by atoms with van der Waals surface area (Å²) in [5.41, 5.74) is 5.12. The number of H-pyrrole nitrogens is 1. The third-order valence-electron chi connectivity index (χ3n) is 4.15. The molecule has 0 aliphatic carbocycles. The molecule has 1 unspecified atom stereocenters. The standard InChI is InChI=1S/C11H19N5O11P2.3H3N/c1-15-3-16(8-5(15)9(19)14-11(12)13-8)10-7(18)6(17)4(26-10)2-25-29(23,24)27-28(20,21)22;;;/h4,6-7,10,17-18H,2-3H2,1H3,(H,23,24)(H2,20,21,22)(H3,12,13,14,19);3*1H3/t4-,6-,7-,10-;;;/m1.../s1. The Bertz CT molecular complexity index is 943. The fourth-order valence-electron chi connectivity index (χ4n) is 3.02. The normalized spacial score (nSPS) is 26.4. The highest BCUT2D eigenvalue weighted by atomic mass is 31.3. The van der Waals surface area contributed by atoms with Crippen LogP contribution < -0.4 is 54.2 Å².